The Bertz CT molecular complexity index is 872. The van der Waals surface area contributed by atoms with Gasteiger partial charge in [0.05, 0.1) is 11.6 Å². The predicted octanol–water partition coefficient (Wildman–Crippen LogP) is 4.96. The number of aliphatic hydroxyl groups is 1. The van der Waals surface area contributed by atoms with Gasteiger partial charge in [0, 0.05) is 5.56 Å². The van der Waals surface area contributed by atoms with Gasteiger partial charge in [0.1, 0.15) is 0 Å². The molecule has 2 aromatic carbocycles. The van der Waals surface area contributed by atoms with Crippen molar-refractivity contribution in [3.8, 4) is 11.1 Å². The van der Waals surface area contributed by atoms with Crippen LogP contribution in [0.3, 0.4) is 0 Å². The molecule has 1 amide bonds. The summed E-state index contributed by atoms with van der Waals surface area (Å²) in [6.07, 6.45) is 6.85. The van der Waals surface area contributed by atoms with Crippen molar-refractivity contribution in [2.24, 2.45) is 0 Å². The lowest BCUT2D eigenvalue weighted by Gasteiger charge is -2.36. The summed E-state index contributed by atoms with van der Waals surface area (Å²) in [6.45, 7) is 7.51. The van der Waals surface area contributed by atoms with Gasteiger partial charge in [-0.25, -0.2) is 0 Å². The first-order valence-corrected chi connectivity index (χ1v) is 11.9. The second-order valence-corrected chi connectivity index (χ2v) is 8.69. The number of thiocarbonyl (C=S) groups is 1. The van der Waals surface area contributed by atoms with Crippen molar-refractivity contribution in [2.75, 3.05) is 12.0 Å². The van der Waals surface area contributed by atoms with Crippen LogP contribution in [0.2, 0.25) is 0 Å². The maximum atomic E-state index is 12.7. The highest BCUT2D eigenvalue weighted by molar-refractivity contribution is 7.98. The average molecular weight is 455 g/mol. The third kappa shape index (κ3) is 7.35. The van der Waals surface area contributed by atoms with Crippen molar-refractivity contribution in [1.29, 1.82) is 0 Å². The number of benzene rings is 2. The minimum atomic E-state index is -1.08. The Morgan fingerprint density at radius 3 is 2.23 bits per heavy atom. The second-order valence-electron chi connectivity index (χ2n) is 7.29. The van der Waals surface area contributed by atoms with Crippen molar-refractivity contribution in [3.05, 3.63) is 85.5 Å². The topological polar surface area (TPSA) is 61.4 Å². The lowest BCUT2D eigenvalue weighted by atomic mass is 9.85. The Morgan fingerprint density at radius 2 is 1.68 bits per heavy atom. The van der Waals surface area contributed by atoms with Crippen molar-refractivity contribution in [2.45, 2.75) is 30.9 Å². The molecule has 0 saturated carbocycles. The Hall–Kier alpha value is -2.41. The van der Waals surface area contributed by atoms with E-state index in [9.17, 15) is 9.90 Å². The van der Waals surface area contributed by atoms with Crippen LogP contribution in [0.25, 0.3) is 11.1 Å². The highest BCUT2D eigenvalue weighted by Crippen LogP contribution is 2.25. The van der Waals surface area contributed by atoms with Crippen molar-refractivity contribution >= 4 is 35.0 Å². The summed E-state index contributed by atoms with van der Waals surface area (Å²) in [5.74, 6) is 0.544. The molecule has 0 unspecified atom stereocenters. The molecule has 164 valence electrons. The second kappa shape index (κ2) is 12.4. The quantitative estimate of drug-likeness (QED) is 0.331. The third-order valence-corrected chi connectivity index (χ3v) is 5.91. The fraction of sp³-hybridized carbons (Fsp3) is 0.280. The Kier molecular flexibility index (Phi) is 9.98. The number of hydrogen-bond donors (Lipinski definition) is 3. The van der Waals surface area contributed by atoms with E-state index < -0.39 is 5.60 Å². The Morgan fingerprint density at radius 1 is 1.10 bits per heavy atom. The molecule has 3 N–H and O–H groups in total. The van der Waals surface area contributed by atoms with Gasteiger partial charge < -0.3 is 10.4 Å². The van der Waals surface area contributed by atoms with Crippen molar-refractivity contribution in [1.82, 2.24) is 10.6 Å². The summed E-state index contributed by atoms with van der Waals surface area (Å²) in [5, 5.41) is 17.2. The molecule has 0 saturated heterocycles. The molecule has 0 fully saturated rings. The molecule has 0 radical (unpaired) electrons. The fourth-order valence-corrected chi connectivity index (χ4v) is 4.10. The van der Waals surface area contributed by atoms with Gasteiger partial charge in [0.2, 0.25) is 0 Å². The zero-order valence-electron chi connectivity index (χ0n) is 17.8. The van der Waals surface area contributed by atoms with E-state index >= 15 is 0 Å². The largest absolute Gasteiger partial charge is 0.387 e. The van der Waals surface area contributed by atoms with E-state index in [0.29, 0.717) is 24.8 Å². The molecule has 0 aliphatic heterocycles. The van der Waals surface area contributed by atoms with Crippen LogP contribution in [0, 0.1) is 0 Å². The van der Waals surface area contributed by atoms with Crippen LogP contribution in [-0.4, -0.2) is 39.8 Å². The van der Waals surface area contributed by atoms with Crippen LogP contribution in [0.15, 0.2) is 79.9 Å². The Labute approximate surface area is 194 Å². The third-order valence-electron chi connectivity index (χ3n) is 5.04. The number of nitrogens with one attached hydrogen (secondary N) is 2. The van der Waals surface area contributed by atoms with Gasteiger partial charge >= 0.3 is 0 Å². The molecule has 1 atom stereocenters. The molecule has 0 aromatic heterocycles. The first-order chi connectivity index (χ1) is 14.9. The monoisotopic (exact) mass is 454 g/mol. The molecule has 4 nitrogen and oxygen atoms in total. The number of hydrogen-bond acceptors (Lipinski definition) is 4. The van der Waals surface area contributed by atoms with E-state index in [0.717, 1.165) is 16.9 Å². The van der Waals surface area contributed by atoms with Crippen LogP contribution in [-0.2, 0) is 0 Å². The number of carbonyl (C=O) groups excluding carboxylic acids is 1. The maximum absolute atomic E-state index is 12.7. The van der Waals surface area contributed by atoms with Gasteiger partial charge in [-0.2, -0.15) is 11.8 Å². The first kappa shape index (κ1) is 24.9. The van der Waals surface area contributed by atoms with E-state index in [1.807, 2.05) is 48.7 Å². The number of rotatable bonds is 11. The van der Waals surface area contributed by atoms with Crippen molar-refractivity contribution in [3.63, 3.8) is 0 Å². The molecule has 0 aliphatic carbocycles. The molecular formula is C25H30N2O2S2. The summed E-state index contributed by atoms with van der Waals surface area (Å²) in [5.41, 5.74) is 1.56. The minimum absolute atomic E-state index is 0.190. The molecule has 2 aromatic rings. The van der Waals surface area contributed by atoms with Crippen LogP contribution >= 0.6 is 24.0 Å². The zero-order valence-corrected chi connectivity index (χ0v) is 19.5. The lowest BCUT2D eigenvalue weighted by molar-refractivity contribution is 0.0120. The fourth-order valence-electron chi connectivity index (χ4n) is 3.39. The summed E-state index contributed by atoms with van der Waals surface area (Å²) < 4.78 is 0. The summed E-state index contributed by atoms with van der Waals surface area (Å²) in [7, 11) is 0. The molecule has 0 bridgehead atoms. The van der Waals surface area contributed by atoms with Crippen LogP contribution < -0.4 is 10.6 Å². The highest BCUT2D eigenvalue weighted by Gasteiger charge is 2.34. The lowest BCUT2D eigenvalue weighted by Crippen LogP contribution is -2.55. The normalized spacial score (nSPS) is 11.9. The van der Waals surface area contributed by atoms with E-state index in [1.54, 1.807) is 36.0 Å². The molecule has 0 aliphatic rings. The molecule has 31 heavy (non-hydrogen) atoms. The van der Waals surface area contributed by atoms with E-state index in [2.05, 4.69) is 23.8 Å². The van der Waals surface area contributed by atoms with Crippen LogP contribution in [0.5, 0.6) is 0 Å². The highest BCUT2D eigenvalue weighted by atomic mass is 32.2. The molecule has 0 heterocycles. The molecule has 2 rings (SSSR count). The number of carbonyl (C=O) groups is 1. The molecular weight excluding hydrogens is 424 g/mol. The van der Waals surface area contributed by atoms with E-state index in [-0.39, 0.29) is 17.1 Å². The van der Waals surface area contributed by atoms with Gasteiger partial charge in [-0.15, -0.1) is 13.2 Å². The van der Waals surface area contributed by atoms with Gasteiger partial charge in [-0.1, -0.05) is 54.6 Å². The standard InChI is InChI=1S/C25H30N2O2S2/c1-4-16-25(29,17-5-2)22(15-18-31-3)26-24(30)27-23(28)21-13-11-20(12-14-21)19-9-7-6-8-10-19/h4-14,22,29H,1-2,15-18H2,3H3,(H2,26,27,28,30)/t22-/m1/s1. The maximum Gasteiger partial charge on any atom is 0.257 e. The van der Waals surface area contributed by atoms with Gasteiger partial charge in [-0.3, -0.25) is 10.1 Å². The van der Waals surface area contributed by atoms with Gasteiger partial charge in [0.25, 0.3) is 5.91 Å². The number of amides is 1. The summed E-state index contributed by atoms with van der Waals surface area (Å²) in [6, 6.07) is 17.0. The average Bonchev–Trinajstić information content (AvgIpc) is 2.77. The minimum Gasteiger partial charge on any atom is -0.387 e. The predicted molar refractivity (Wildman–Crippen MR) is 136 cm³/mol. The first-order valence-electron chi connectivity index (χ1n) is 10.1. The smallest absolute Gasteiger partial charge is 0.257 e. The van der Waals surface area contributed by atoms with Gasteiger partial charge in [0.15, 0.2) is 5.11 Å². The zero-order chi connectivity index (χ0) is 22.7. The molecule has 0 spiro atoms. The SMILES string of the molecule is C=CCC(O)(CC=C)[C@@H](CCSC)NC(=S)NC(=O)c1ccc(-c2ccccc2)cc1. The number of thioether (sulfide) groups is 1. The van der Waals surface area contributed by atoms with Crippen LogP contribution in [0.1, 0.15) is 29.6 Å². The van der Waals surface area contributed by atoms with Gasteiger partial charge in [-0.05, 0) is 66.7 Å². The summed E-state index contributed by atoms with van der Waals surface area (Å²) >= 11 is 7.07. The molecule has 6 heteroatoms. The van der Waals surface area contributed by atoms with Crippen molar-refractivity contribution < 1.29 is 9.90 Å². The van der Waals surface area contributed by atoms with Crippen LogP contribution in [0.4, 0.5) is 0 Å². The van der Waals surface area contributed by atoms with E-state index in [1.165, 1.54) is 0 Å². The Balaban J connectivity index is 2.06. The summed E-state index contributed by atoms with van der Waals surface area (Å²) in [4.78, 5) is 12.7. The van der Waals surface area contributed by atoms with E-state index in [4.69, 9.17) is 12.2 Å².